The summed E-state index contributed by atoms with van der Waals surface area (Å²) in [6, 6.07) is 10.0. The van der Waals surface area contributed by atoms with E-state index in [-0.39, 0.29) is 11.4 Å². The SMILES string of the molecule is CCN(C(=O)CN1CCNCC12CCCCC2)c1ccccc1. The summed E-state index contributed by atoms with van der Waals surface area (Å²) >= 11 is 0. The summed E-state index contributed by atoms with van der Waals surface area (Å²) in [4.78, 5) is 17.3. The van der Waals surface area contributed by atoms with Gasteiger partial charge in [0, 0.05) is 37.4 Å². The molecule has 3 rings (SSSR count). The number of nitrogens with zero attached hydrogens (tertiary/aromatic N) is 2. The van der Waals surface area contributed by atoms with E-state index in [2.05, 4.69) is 17.1 Å². The number of carbonyl (C=O) groups is 1. The van der Waals surface area contributed by atoms with Crippen molar-refractivity contribution in [1.82, 2.24) is 10.2 Å². The lowest BCUT2D eigenvalue weighted by Gasteiger charge is -2.50. The van der Waals surface area contributed by atoms with Crippen molar-refractivity contribution in [1.29, 1.82) is 0 Å². The van der Waals surface area contributed by atoms with Crippen LogP contribution >= 0.6 is 0 Å². The van der Waals surface area contributed by atoms with E-state index in [4.69, 9.17) is 0 Å². The van der Waals surface area contributed by atoms with E-state index in [1.165, 1.54) is 32.1 Å². The van der Waals surface area contributed by atoms with Gasteiger partial charge in [-0.1, -0.05) is 37.5 Å². The number of piperazine rings is 1. The molecule has 1 spiro atoms. The molecular formula is C19H29N3O. The third-order valence-corrected chi connectivity index (χ3v) is 5.48. The summed E-state index contributed by atoms with van der Waals surface area (Å²) in [7, 11) is 0. The zero-order valence-corrected chi connectivity index (χ0v) is 14.3. The van der Waals surface area contributed by atoms with Gasteiger partial charge in [0.1, 0.15) is 0 Å². The molecule has 4 heteroatoms. The highest BCUT2D eigenvalue weighted by molar-refractivity contribution is 5.94. The molecule has 2 fully saturated rings. The molecule has 126 valence electrons. The van der Waals surface area contributed by atoms with Gasteiger partial charge in [0.05, 0.1) is 6.54 Å². The molecule has 0 unspecified atom stereocenters. The Morgan fingerprint density at radius 3 is 2.65 bits per heavy atom. The lowest BCUT2D eigenvalue weighted by molar-refractivity contribution is -0.122. The molecule has 1 aliphatic carbocycles. The van der Waals surface area contributed by atoms with E-state index < -0.39 is 0 Å². The summed E-state index contributed by atoms with van der Waals surface area (Å²) in [6.45, 7) is 6.34. The molecular weight excluding hydrogens is 286 g/mol. The minimum absolute atomic E-state index is 0.211. The number of hydrogen-bond acceptors (Lipinski definition) is 3. The molecule has 0 aromatic heterocycles. The second-order valence-corrected chi connectivity index (χ2v) is 6.86. The first-order valence-corrected chi connectivity index (χ1v) is 9.06. The van der Waals surface area contributed by atoms with Gasteiger partial charge < -0.3 is 10.2 Å². The Morgan fingerprint density at radius 2 is 1.96 bits per heavy atom. The summed E-state index contributed by atoms with van der Waals surface area (Å²) < 4.78 is 0. The van der Waals surface area contributed by atoms with Crippen LogP contribution in [0, 0.1) is 0 Å². The Kier molecular flexibility index (Phi) is 5.34. The van der Waals surface area contributed by atoms with Crippen LogP contribution in [0.15, 0.2) is 30.3 Å². The number of para-hydroxylation sites is 1. The predicted octanol–water partition coefficient (Wildman–Crippen LogP) is 2.65. The van der Waals surface area contributed by atoms with E-state index >= 15 is 0 Å². The number of anilines is 1. The molecule has 1 aliphatic heterocycles. The van der Waals surface area contributed by atoms with Crippen LogP contribution in [-0.4, -0.2) is 49.1 Å². The Balaban J connectivity index is 1.72. The van der Waals surface area contributed by atoms with Crippen molar-refractivity contribution in [3.8, 4) is 0 Å². The highest BCUT2D eigenvalue weighted by Gasteiger charge is 2.40. The maximum Gasteiger partial charge on any atom is 0.241 e. The zero-order valence-electron chi connectivity index (χ0n) is 14.3. The van der Waals surface area contributed by atoms with Crippen LogP contribution in [0.4, 0.5) is 5.69 Å². The Morgan fingerprint density at radius 1 is 1.22 bits per heavy atom. The number of benzene rings is 1. The van der Waals surface area contributed by atoms with E-state index in [9.17, 15) is 4.79 Å². The molecule has 1 saturated heterocycles. The lowest BCUT2D eigenvalue weighted by atomic mass is 9.79. The monoisotopic (exact) mass is 315 g/mol. The van der Waals surface area contributed by atoms with Gasteiger partial charge in [0.15, 0.2) is 0 Å². The highest BCUT2D eigenvalue weighted by atomic mass is 16.2. The average Bonchev–Trinajstić information content (AvgIpc) is 2.60. The predicted molar refractivity (Wildman–Crippen MR) is 94.7 cm³/mol. The van der Waals surface area contributed by atoms with Gasteiger partial charge in [-0.05, 0) is 31.9 Å². The fourth-order valence-electron chi connectivity index (χ4n) is 4.19. The van der Waals surface area contributed by atoms with Crippen molar-refractivity contribution in [3.05, 3.63) is 30.3 Å². The normalized spacial score (nSPS) is 21.3. The molecule has 0 radical (unpaired) electrons. The van der Waals surface area contributed by atoms with Gasteiger partial charge in [0.25, 0.3) is 0 Å². The topological polar surface area (TPSA) is 35.6 Å². The van der Waals surface area contributed by atoms with Crippen LogP contribution in [0.2, 0.25) is 0 Å². The Hall–Kier alpha value is -1.39. The van der Waals surface area contributed by atoms with Crippen LogP contribution < -0.4 is 10.2 Å². The van der Waals surface area contributed by atoms with Crippen molar-refractivity contribution >= 4 is 11.6 Å². The van der Waals surface area contributed by atoms with E-state index in [1.54, 1.807) is 0 Å². The van der Waals surface area contributed by atoms with Gasteiger partial charge in [-0.3, -0.25) is 9.69 Å². The van der Waals surface area contributed by atoms with Crippen LogP contribution in [0.25, 0.3) is 0 Å². The number of amides is 1. The molecule has 4 nitrogen and oxygen atoms in total. The number of likely N-dealkylation sites (N-methyl/N-ethyl adjacent to an activating group) is 1. The fourth-order valence-corrected chi connectivity index (χ4v) is 4.19. The third-order valence-electron chi connectivity index (χ3n) is 5.48. The minimum Gasteiger partial charge on any atom is -0.314 e. The van der Waals surface area contributed by atoms with E-state index in [1.807, 2.05) is 35.2 Å². The molecule has 0 atom stereocenters. The molecule has 1 aromatic rings. The second kappa shape index (κ2) is 7.45. The first-order chi connectivity index (χ1) is 11.2. The standard InChI is InChI=1S/C19H29N3O/c1-2-22(17-9-5-3-6-10-17)18(23)15-21-14-13-20-16-19(21)11-7-4-8-12-19/h3,5-6,9-10,20H,2,4,7-8,11-16H2,1H3. The summed E-state index contributed by atoms with van der Waals surface area (Å²) in [6.07, 6.45) is 6.38. The van der Waals surface area contributed by atoms with E-state index in [0.717, 1.165) is 31.9 Å². The highest BCUT2D eigenvalue weighted by Crippen LogP contribution is 2.34. The van der Waals surface area contributed by atoms with Crippen LogP contribution in [0.3, 0.4) is 0 Å². The zero-order chi connectivity index (χ0) is 16.1. The first kappa shape index (κ1) is 16.5. The van der Waals surface area contributed by atoms with Crippen molar-refractivity contribution in [2.45, 2.75) is 44.6 Å². The number of nitrogens with one attached hydrogen (secondary N) is 1. The molecule has 2 aliphatic rings. The molecule has 1 heterocycles. The van der Waals surface area contributed by atoms with Gasteiger partial charge in [0.2, 0.25) is 5.91 Å². The van der Waals surface area contributed by atoms with Crippen molar-refractivity contribution in [2.24, 2.45) is 0 Å². The fraction of sp³-hybridized carbons (Fsp3) is 0.632. The van der Waals surface area contributed by atoms with Gasteiger partial charge >= 0.3 is 0 Å². The van der Waals surface area contributed by atoms with E-state index in [0.29, 0.717) is 6.54 Å². The molecule has 0 bridgehead atoms. The van der Waals surface area contributed by atoms with Crippen molar-refractivity contribution in [3.63, 3.8) is 0 Å². The number of hydrogen-bond donors (Lipinski definition) is 1. The summed E-state index contributed by atoms with van der Waals surface area (Å²) in [5.41, 5.74) is 1.22. The summed E-state index contributed by atoms with van der Waals surface area (Å²) in [5.74, 6) is 0.227. The van der Waals surface area contributed by atoms with Crippen LogP contribution in [-0.2, 0) is 4.79 Å². The Labute approximate surface area is 139 Å². The minimum atomic E-state index is 0.211. The number of carbonyl (C=O) groups excluding carboxylic acids is 1. The molecule has 1 N–H and O–H groups in total. The second-order valence-electron chi connectivity index (χ2n) is 6.86. The summed E-state index contributed by atoms with van der Waals surface area (Å²) in [5, 5.41) is 3.56. The Bertz CT molecular complexity index is 502. The largest absolute Gasteiger partial charge is 0.314 e. The number of rotatable bonds is 4. The third kappa shape index (κ3) is 3.59. The van der Waals surface area contributed by atoms with Gasteiger partial charge in [-0.25, -0.2) is 0 Å². The van der Waals surface area contributed by atoms with Crippen LogP contribution in [0.1, 0.15) is 39.0 Å². The van der Waals surface area contributed by atoms with Crippen molar-refractivity contribution in [2.75, 3.05) is 37.6 Å². The lowest BCUT2D eigenvalue weighted by Crippen LogP contribution is -2.63. The van der Waals surface area contributed by atoms with Gasteiger partial charge in [-0.2, -0.15) is 0 Å². The van der Waals surface area contributed by atoms with Crippen molar-refractivity contribution < 1.29 is 4.79 Å². The maximum atomic E-state index is 12.9. The quantitative estimate of drug-likeness (QED) is 0.928. The molecule has 1 amide bonds. The maximum absolute atomic E-state index is 12.9. The first-order valence-electron chi connectivity index (χ1n) is 9.06. The smallest absolute Gasteiger partial charge is 0.241 e. The average molecular weight is 315 g/mol. The molecule has 23 heavy (non-hydrogen) atoms. The van der Waals surface area contributed by atoms with Crippen LogP contribution in [0.5, 0.6) is 0 Å². The van der Waals surface area contributed by atoms with Gasteiger partial charge in [-0.15, -0.1) is 0 Å². The molecule has 1 saturated carbocycles. The molecule has 1 aromatic carbocycles.